The third-order valence-corrected chi connectivity index (χ3v) is 3.68. The zero-order valence-electron chi connectivity index (χ0n) is 10.8. The van der Waals surface area contributed by atoms with Gasteiger partial charge in [-0.15, -0.1) is 0 Å². The van der Waals surface area contributed by atoms with Crippen LogP contribution in [0.5, 0.6) is 0 Å². The molecule has 1 aliphatic rings. The third kappa shape index (κ3) is 4.14. The Kier molecular flexibility index (Phi) is 4.57. The predicted octanol–water partition coefficient (Wildman–Crippen LogP) is 2.29. The summed E-state index contributed by atoms with van der Waals surface area (Å²) in [5.74, 6) is 0.934. The summed E-state index contributed by atoms with van der Waals surface area (Å²) in [4.78, 5) is 2.40. The molecule has 0 saturated heterocycles. The van der Waals surface area contributed by atoms with Gasteiger partial charge in [0.15, 0.2) is 0 Å². The first-order valence-electron chi connectivity index (χ1n) is 6.72. The van der Waals surface area contributed by atoms with E-state index in [4.69, 9.17) is 5.73 Å². The minimum absolute atomic E-state index is 0.252. The van der Waals surface area contributed by atoms with Crippen molar-refractivity contribution in [3.05, 3.63) is 35.9 Å². The molecule has 0 radical (unpaired) electrons. The highest BCUT2D eigenvalue weighted by atomic mass is 15.1. The molecule has 1 aromatic carbocycles. The summed E-state index contributed by atoms with van der Waals surface area (Å²) >= 11 is 0. The fourth-order valence-corrected chi connectivity index (χ4v) is 2.57. The smallest absolute Gasteiger partial charge is 0.0208 e. The topological polar surface area (TPSA) is 29.3 Å². The zero-order valence-corrected chi connectivity index (χ0v) is 10.8. The maximum atomic E-state index is 6.20. The summed E-state index contributed by atoms with van der Waals surface area (Å²) in [6.45, 7) is 2.23. The van der Waals surface area contributed by atoms with Gasteiger partial charge in [0.05, 0.1) is 0 Å². The number of likely N-dealkylation sites (N-methyl/N-ethyl adjacent to an activating group) is 1. The van der Waals surface area contributed by atoms with Gasteiger partial charge in [0.25, 0.3) is 0 Å². The largest absolute Gasteiger partial charge is 0.326 e. The van der Waals surface area contributed by atoms with Crippen molar-refractivity contribution in [2.45, 2.75) is 31.7 Å². The monoisotopic (exact) mass is 232 g/mol. The van der Waals surface area contributed by atoms with Gasteiger partial charge in [-0.1, -0.05) is 36.8 Å². The molecule has 0 amide bonds. The molecule has 0 bridgehead atoms. The zero-order chi connectivity index (χ0) is 12.1. The van der Waals surface area contributed by atoms with Crippen molar-refractivity contribution in [2.24, 2.45) is 11.7 Å². The van der Waals surface area contributed by atoms with Crippen molar-refractivity contribution >= 4 is 0 Å². The van der Waals surface area contributed by atoms with Crippen LogP contribution in [0.25, 0.3) is 0 Å². The summed E-state index contributed by atoms with van der Waals surface area (Å²) in [5.41, 5.74) is 7.54. The van der Waals surface area contributed by atoms with E-state index in [-0.39, 0.29) is 6.04 Å². The van der Waals surface area contributed by atoms with Crippen LogP contribution in [0.1, 0.15) is 24.8 Å². The second kappa shape index (κ2) is 6.18. The van der Waals surface area contributed by atoms with E-state index in [1.54, 1.807) is 0 Å². The van der Waals surface area contributed by atoms with Crippen molar-refractivity contribution in [1.82, 2.24) is 4.90 Å². The standard InChI is InChI=1S/C15H24N2/c1-17(11-14-8-5-9-14)12-15(16)10-13-6-3-2-4-7-13/h2-4,6-7,14-15H,5,8-12,16H2,1H3. The van der Waals surface area contributed by atoms with Gasteiger partial charge >= 0.3 is 0 Å². The normalized spacial score (nSPS) is 18.1. The molecule has 2 nitrogen and oxygen atoms in total. The van der Waals surface area contributed by atoms with Gasteiger partial charge in [-0.3, -0.25) is 0 Å². The lowest BCUT2D eigenvalue weighted by molar-refractivity contribution is 0.198. The highest BCUT2D eigenvalue weighted by Gasteiger charge is 2.19. The van der Waals surface area contributed by atoms with Crippen LogP contribution in [0.3, 0.4) is 0 Å². The molecule has 1 aliphatic carbocycles. The van der Waals surface area contributed by atoms with Crippen molar-refractivity contribution < 1.29 is 0 Å². The summed E-state index contributed by atoms with van der Waals surface area (Å²) < 4.78 is 0. The number of benzene rings is 1. The van der Waals surface area contributed by atoms with Crippen LogP contribution in [0.15, 0.2) is 30.3 Å². The summed E-state index contributed by atoms with van der Waals surface area (Å²) in [5, 5.41) is 0. The fraction of sp³-hybridized carbons (Fsp3) is 0.600. The van der Waals surface area contributed by atoms with Gasteiger partial charge < -0.3 is 10.6 Å². The Balaban J connectivity index is 1.70. The van der Waals surface area contributed by atoms with Gasteiger partial charge in [-0.25, -0.2) is 0 Å². The molecule has 1 saturated carbocycles. The molecule has 2 heteroatoms. The van der Waals surface area contributed by atoms with E-state index in [0.29, 0.717) is 0 Å². The quantitative estimate of drug-likeness (QED) is 0.815. The van der Waals surface area contributed by atoms with Crippen LogP contribution in [-0.2, 0) is 6.42 Å². The maximum absolute atomic E-state index is 6.20. The van der Waals surface area contributed by atoms with Gasteiger partial charge in [0.1, 0.15) is 0 Å². The molecule has 1 atom stereocenters. The Bertz CT molecular complexity index is 319. The number of hydrogen-bond acceptors (Lipinski definition) is 2. The van der Waals surface area contributed by atoms with E-state index >= 15 is 0 Å². The van der Waals surface area contributed by atoms with E-state index in [9.17, 15) is 0 Å². The summed E-state index contributed by atoms with van der Waals surface area (Å²) in [7, 11) is 2.20. The second-order valence-corrected chi connectivity index (χ2v) is 5.47. The SMILES string of the molecule is CN(CC(N)Cc1ccccc1)CC1CCC1. The molecule has 0 spiro atoms. The highest BCUT2D eigenvalue weighted by Crippen LogP contribution is 2.26. The summed E-state index contributed by atoms with van der Waals surface area (Å²) in [6.07, 6.45) is 5.24. The van der Waals surface area contributed by atoms with Crippen molar-refractivity contribution in [3.63, 3.8) is 0 Å². The van der Waals surface area contributed by atoms with Crippen molar-refractivity contribution in [3.8, 4) is 0 Å². The minimum atomic E-state index is 0.252. The first-order valence-corrected chi connectivity index (χ1v) is 6.72. The lowest BCUT2D eigenvalue weighted by Gasteiger charge is -2.31. The molecule has 1 aromatic rings. The van der Waals surface area contributed by atoms with Crippen LogP contribution >= 0.6 is 0 Å². The molecule has 1 unspecified atom stereocenters. The Morgan fingerprint density at radius 1 is 1.29 bits per heavy atom. The molecular formula is C15H24N2. The Morgan fingerprint density at radius 3 is 2.59 bits per heavy atom. The van der Waals surface area contributed by atoms with Crippen LogP contribution in [-0.4, -0.2) is 31.1 Å². The van der Waals surface area contributed by atoms with E-state index in [1.165, 1.54) is 31.4 Å². The van der Waals surface area contributed by atoms with E-state index in [1.807, 2.05) is 0 Å². The minimum Gasteiger partial charge on any atom is -0.326 e. The first kappa shape index (κ1) is 12.6. The first-order chi connectivity index (χ1) is 8.24. The van der Waals surface area contributed by atoms with Crippen LogP contribution in [0, 0.1) is 5.92 Å². The molecule has 0 aromatic heterocycles. The lowest BCUT2D eigenvalue weighted by atomic mass is 9.85. The number of nitrogens with two attached hydrogens (primary N) is 1. The molecule has 94 valence electrons. The van der Waals surface area contributed by atoms with Gasteiger partial charge in [0, 0.05) is 19.1 Å². The lowest BCUT2D eigenvalue weighted by Crippen LogP contribution is -2.40. The van der Waals surface area contributed by atoms with Crippen molar-refractivity contribution in [2.75, 3.05) is 20.1 Å². The molecule has 2 N–H and O–H groups in total. The average molecular weight is 232 g/mol. The van der Waals surface area contributed by atoms with Gasteiger partial charge in [-0.2, -0.15) is 0 Å². The van der Waals surface area contributed by atoms with Crippen molar-refractivity contribution in [1.29, 1.82) is 0 Å². The molecule has 2 rings (SSSR count). The predicted molar refractivity (Wildman–Crippen MR) is 73.0 cm³/mol. The van der Waals surface area contributed by atoms with E-state index in [2.05, 4.69) is 42.3 Å². The number of hydrogen-bond donors (Lipinski definition) is 1. The average Bonchev–Trinajstić information content (AvgIpc) is 2.25. The Hall–Kier alpha value is -0.860. The van der Waals surface area contributed by atoms with Crippen LogP contribution in [0.2, 0.25) is 0 Å². The second-order valence-electron chi connectivity index (χ2n) is 5.47. The molecule has 0 aliphatic heterocycles. The number of rotatable bonds is 6. The van der Waals surface area contributed by atoms with E-state index < -0.39 is 0 Å². The molecule has 0 heterocycles. The maximum Gasteiger partial charge on any atom is 0.0208 e. The van der Waals surface area contributed by atoms with Crippen LogP contribution < -0.4 is 5.73 Å². The Labute approximate surface area is 105 Å². The highest BCUT2D eigenvalue weighted by molar-refractivity contribution is 5.15. The van der Waals surface area contributed by atoms with E-state index in [0.717, 1.165) is 18.9 Å². The third-order valence-electron chi connectivity index (χ3n) is 3.68. The van der Waals surface area contributed by atoms with Crippen LogP contribution in [0.4, 0.5) is 0 Å². The van der Waals surface area contributed by atoms with Gasteiger partial charge in [-0.05, 0) is 37.8 Å². The van der Waals surface area contributed by atoms with Gasteiger partial charge in [0.2, 0.25) is 0 Å². The molecule has 17 heavy (non-hydrogen) atoms. The summed E-state index contributed by atoms with van der Waals surface area (Å²) in [6, 6.07) is 10.8. The Morgan fingerprint density at radius 2 is 2.00 bits per heavy atom. The number of nitrogens with zero attached hydrogens (tertiary/aromatic N) is 1. The molecular weight excluding hydrogens is 208 g/mol. The molecule has 1 fully saturated rings. The fourth-order valence-electron chi connectivity index (χ4n) is 2.57.